The van der Waals surface area contributed by atoms with Crippen molar-refractivity contribution in [2.45, 2.75) is 0 Å². The Bertz CT molecular complexity index is 889. The molecule has 0 aliphatic heterocycles. The first-order valence-electron chi connectivity index (χ1n) is 6.33. The molecule has 3 aromatic rings. The van der Waals surface area contributed by atoms with Gasteiger partial charge in [0.1, 0.15) is 5.52 Å². The molecule has 0 saturated carbocycles. The number of hydrogen-bond acceptors (Lipinski definition) is 3. The van der Waals surface area contributed by atoms with Gasteiger partial charge in [0, 0.05) is 10.6 Å². The van der Waals surface area contributed by atoms with Crippen LogP contribution in [0.25, 0.3) is 11.0 Å². The van der Waals surface area contributed by atoms with Gasteiger partial charge in [-0.15, -0.1) is 0 Å². The third-order valence-electron chi connectivity index (χ3n) is 3.06. The van der Waals surface area contributed by atoms with Crippen molar-refractivity contribution in [3.63, 3.8) is 0 Å². The molecule has 0 spiro atoms. The van der Waals surface area contributed by atoms with Crippen LogP contribution in [0.4, 0.5) is 5.95 Å². The van der Waals surface area contributed by atoms with Crippen molar-refractivity contribution in [1.29, 1.82) is 0 Å². The van der Waals surface area contributed by atoms with Crippen LogP contribution in [-0.2, 0) is 0 Å². The highest BCUT2D eigenvalue weighted by Crippen LogP contribution is 2.19. The topological polar surface area (TPSA) is 95.1 Å². The van der Waals surface area contributed by atoms with Gasteiger partial charge in [-0.05, 0) is 30.3 Å². The monoisotopic (exact) mass is 315 g/mol. The van der Waals surface area contributed by atoms with E-state index in [-0.39, 0.29) is 17.0 Å². The van der Waals surface area contributed by atoms with Crippen LogP contribution in [0.2, 0.25) is 5.02 Å². The summed E-state index contributed by atoms with van der Waals surface area (Å²) in [4.78, 5) is 30.3. The molecule has 0 bridgehead atoms. The van der Waals surface area contributed by atoms with Crippen LogP contribution in [0, 0.1) is 0 Å². The highest BCUT2D eigenvalue weighted by Gasteiger charge is 2.14. The van der Waals surface area contributed by atoms with Crippen molar-refractivity contribution < 1.29 is 14.7 Å². The fourth-order valence-corrected chi connectivity index (χ4v) is 2.26. The van der Waals surface area contributed by atoms with Crippen LogP contribution in [0.1, 0.15) is 20.7 Å². The minimum atomic E-state index is -1.08. The lowest BCUT2D eigenvalue weighted by atomic mass is 10.2. The third kappa shape index (κ3) is 2.64. The fraction of sp³-hybridized carbons (Fsp3) is 0. The summed E-state index contributed by atoms with van der Waals surface area (Å²) in [6, 6.07) is 11.2. The highest BCUT2D eigenvalue weighted by atomic mass is 35.5. The van der Waals surface area contributed by atoms with E-state index < -0.39 is 11.9 Å². The van der Waals surface area contributed by atoms with Crippen LogP contribution in [0.15, 0.2) is 42.5 Å². The number of aromatic nitrogens is 2. The van der Waals surface area contributed by atoms with Gasteiger partial charge in [0.15, 0.2) is 0 Å². The van der Waals surface area contributed by atoms with E-state index in [4.69, 9.17) is 16.7 Å². The maximum absolute atomic E-state index is 12.1. The number of nitrogens with zero attached hydrogens (tertiary/aromatic N) is 1. The lowest BCUT2D eigenvalue weighted by molar-refractivity contribution is 0.0698. The van der Waals surface area contributed by atoms with Gasteiger partial charge in [0.05, 0.1) is 11.1 Å². The van der Waals surface area contributed by atoms with E-state index in [1.54, 1.807) is 30.3 Å². The molecule has 0 saturated heterocycles. The highest BCUT2D eigenvalue weighted by molar-refractivity contribution is 6.31. The van der Waals surface area contributed by atoms with Crippen molar-refractivity contribution in [3.8, 4) is 0 Å². The van der Waals surface area contributed by atoms with Crippen LogP contribution < -0.4 is 5.32 Å². The van der Waals surface area contributed by atoms with Crippen LogP contribution >= 0.6 is 11.6 Å². The van der Waals surface area contributed by atoms with E-state index in [0.717, 1.165) is 0 Å². The number of anilines is 1. The van der Waals surface area contributed by atoms with Gasteiger partial charge in [-0.25, -0.2) is 9.78 Å². The fourth-order valence-electron chi connectivity index (χ4n) is 2.07. The first-order valence-corrected chi connectivity index (χ1v) is 6.71. The number of carboxylic acids is 1. The van der Waals surface area contributed by atoms with Crippen molar-refractivity contribution in [2.75, 3.05) is 5.32 Å². The Morgan fingerprint density at radius 2 is 1.95 bits per heavy atom. The number of fused-ring (bicyclic) bond motifs is 1. The number of imidazole rings is 1. The van der Waals surface area contributed by atoms with Crippen molar-refractivity contribution in [3.05, 3.63) is 58.6 Å². The zero-order valence-corrected chi connectivity index (χ0v) is 11.9. The van der Waals surface area contributed by atoms with E-state index in [2.05, 4.69) is 15.3 Å². The number of carbonyl (C=O) groups is 2. The molecule has 0 fully saturated rings. The number of benzene rings is 2. The molecule has 7 heteroatoms. The molecular formula is C15H10ClN3O3. The Kier molecular flexibility index (Phi) is 3.52. The van der Waals surface area contributed by atoms with Gasteiger partial charge >= 0.3 is 5.97 Å². The molecule has 0 aliphatic rings. The average Bonchev–Trinajstić information content (AvgIpc) is 2.89. The Morgan fingerprint density at radius 1 is 1.18 bits per heavy atom. The second-order valence-electron chi connectivity index (χ2n) is 4.56. The molecule has 3 rings (SSSR count). The number of halogens is 1. The largest absolute Gasteiger partial charge is 0.478 e. The number of carbonyl (C=O) groups excluding carboxylic acids is 1. The second kappa shape index (κ2) is 5.50. The summed E-state index contributed by atoms with van der Waals surface area (Å²) in [5, 5.41) is 12.2. The number of nitrogens with one attached hydrogen (secondary N) is 2. The van der Waals surface area contributed by atoms with E-state index in [0.29, 0.717) is 16.1 Å². The number of rotatable bonds is 3. The maximum Gasteiger partial charge on any atom is 0.337 e. The molecule has 1 aromatic heterocycles. The van der Waals surface area contributed by atoms with Gasteiger partial charge in [0.2, 0.25) is 5.95 Å². The molecule has 6 nitrogen and oxygen atoms in total. The maximum atomic E-state index is 12.1. The smallest absolute Gasteiger partial charge is 0.337 e. The Labute approximate surface area is 129 Å². The molecule has 1 amide bonds. The van der Waals surface area contributed by atoms with E-state index in [1.807, 2.05) is 0 Å². The lowest BCUT2D eigenvalue weighted by Crippen LogP contribution is -2.12. The summed E-state index contributed by atoms with van der Waals surface area (Å²) in [6.07, 6.45) is 0. The predicted molar refractivity (Wildman–Crippen MR) is 82.5 cm³/mol. The minimum Gasteiger partial charge on any atom is -0.478 e. The molecule has 22 heavy (non-hydrogen) atoms. The first-order chi connectivity index (χ1) is 10.5. The second-order valence-corrected chi connectivity index (χ2v) is 4.99. The lowest BCUT2D eigenvalue weighted by Gasteiger charge is -2.01. The summed E-state index contributed by atoms with van der Waals surface area (Å²) in [6.45, 7) is 0. The van der Waals surface area contributed by atoms with Gasteiger partial charge in [-0.2, -0.15) is 0 Å². The number of aromatic carboxylic acids is 1. The number of amides is 1. The van der Waals surface area contributed by atoms with Crippen LogP contribution in [0.5, 0.6) is 0 Å². The van der Waals surface area contributed by atoms with E-state index >= 15 is 0 Å². The Balaban J connectivity index is 1.93. The standard InChI is InChI=1S/C15H10ClN3O3/c16-9-4-1-3-8(7-9)13(20)19-15-17-11-6-2-5-10(14(21)22)12(11)18-15/h1-7H,(H,21,22)(H2,17,18,19,20). The number of para-hydroxylation sites is 1. The van der Waals surface area contributed by atoms with Crippen LogP contribution in [-0.4, -0.2) is 27.0 Å². The number of aromatic amines is 1. The Morgan fingerprint density at radius 3 is 2.68 bits per heavy atom. The number of hydrogen-bond donors (Lipinski definition) is 3. The van der Waals surface area contributed by atoms with E-state index in [1.165, 1.54) is 12.1 Å². The van der Waals surface area contributed by atoms with Gasteiger partial charge in [0.25, 0.3) is 5.91 Å². The molecule has 1 heterocycles. The summed E-state index contributed by atoms with van der Waals surface area (Å²) in [5.74, 6) is -1.29. The van der Waals surface area contributed by atoms with Crippen molar-refractivity contribution >= 4 is 40.5 Å². The first kappa shape index (κ1) is 14.1. The van der Waals surface area contributed by atoms with Crippen LogP contribution in [0.3, 0.4) is 0 Å². The van der Waals surface area contributed by atoms with E-state index in [9.17, 15) is 9.59 Å². The molecule has 2 aromatic carbocycles. The normalized spacial score (nSPS) is 10.6. The SMILES string of the molecule is O=C(Nc1nc2c(C(=O)O)cccc2[nH]1)c1cccc(Cl)c1. The predicted octanol–water partition coefficient (Wildman–Crippen LogP) is 3.17. The summed E-state index contributed by atoms with van der Waals surface area (Å²) in [7, 11) is 0. The zero-order valence-electron chi connectivity index (χ0n) is 11.1. The minimum absolute atomic E-state index is 0.0667. The molecule has 3 N–H and O–H groups in total. The van der Waals surface area contributed by atoms with Crippen molar-refractivity contribution in [1.82, 2.24) is 9.97 Å². The molecule has 0 atom stereocenters. The zero-order chi connectivity index (χ0) is 15.7. The third-order valence-corrected chi connectivity index (χ3v) is 3.30. The molecule has 110 valence electrons. The average molecular weight is 316 g/mol. The van der Waals surface area contributed by atoms with Gasteiger partial charge < -0.3 is 10.1 Å². The summed E-state index contributed by atoms with van der Waals surface area (Å²) >= 11 is 5.84. The number of H-pyrrole nitrogens is 1. The molecule has 0 aliphatic carbocycles. The summed E-state index contributed by atoms with van der Waals surface area (Å²) < 4.78 is 0. The molecular weight excluding hydrogens is 306 g/mol. The summed E-state index contributed by atoms with van der Waals surface area (Å²) in [5.41, 5.74) is 1.26. The molecule has 0 unspecified atom stereocenters. The van der Waals surface area contributed by atoms with Gasteiger partial charge in [-0.3, -0.25) is 10.1 Å². The number of carboxylic acid groups (broad SMARTS) is 1. The quantitative estimate of drug-likeness (QED) is 0.691. The Hall–Kier alpha value is -2.86. The van der Waals surface area contributed by atoms with Crippen molar-refractivity contribution in [2.24, 2.45) is 0 Å². The van der Waals surface area contributed by atoms with Gasteiger partial charge in [-0.1, -0.05) is 23.7 Å². The molecule has 0 radical (unpaired) electrons.